The summed E-state index contributed by atoms with van der Waals surface area (Å²) in [4.78, 5) is 4.33. The van der Waals surface area contributed by atoms with Gasteiger partial charge in [-0.1, -0.05) is 6.07 Å². The molecule has 5 nitrogen and oxygen atoms in total. The zero-order valence-corrected chi connectivity index (χ0v) is 9.56. The Balaban J connectivity index is 2.31. The lowest BCUT2D eigenvalue weighted by atomic mass is 10.3. The van der Waals surface area contributed by atoms with E-state index in [0.29, 0.717) is 17.5 Å². The molecule has 84 valence electrons. The first-order valence-electron chi connectivity index (χ1n) is 5.15. The summed E-state index contributed by atoms with van der Waals surface area (Å²) in [5.74, 6) is 1.03. The van der Waals surface area contributed by atoms with E-state index in [1.807, 2.05) is 39.1 Å². The van der Waals surface area contributed by atoms with E-state index in [1.54, 1.807) is 0 Å². The Labute approximate surface area is 93.9 Å². The van der Waals surface area contributed by atoms with Gasteiger partial charge in [0.1, 0.15) is 5.69 Å². The van der Waals surface area contributed by atoms with Gasteiger partial charge < -0.3 is 9.73 Å². The standard InChI is InChI=1S/C11H14N4O/c1-7-5-4-6-9(13-7)11-15-14-10(16-11)8(2)12-3/h4-6,8,12H,1-3H3. The zero-order chi connectivity index (χ0) is 11.5. The SMILES string of the molecule is CNC(C)c1nnc(-c2cccc(C)n2)o1. The maximum absolute atomic E-state index is 5.53. The van der Waals surface area contributed by atoms with Crippen molar-refractivity contribution in [3.05, 3.63) is 29.8 Å². The van der Waals surface area contributed by atoms with Crippen molar-refractivity contribution in [3.63, 3.8) is 0 Å². The van der Waals surface area contributed by atoms with Gasteiger partial charge in [0.2, 0.25) is 5.89 Å². The maximum Gasteiger partial charge on any atom is 0.266 e. The van der Waals surface area contributed by atoms with Gasteiger partial charge in [-0.2, -0.15) is 0 Å². The molecule has 2 heterocycles. The molecule has 0 bridgehead atoms. The first kappa shape index (κ1) is 10.8. The molecule has 1 atom stereocenters. The van der Waals surface area contributed by atoms with E-state index in [1.165, 1.54) is 0 Å². The molecule has 0 amide bonds. The van der Waals surface area contributed by atoms with Crippen LogP contribution in [-0.4, -0.2) is 22.2 Å². The van der Waals surface area contributed by atoms with Crippen molar-refractivity contribution in [2.45, 2.75) is 19.9 Å². The van der Waals surface area contributed by atoms with E-state index >= 15 is 0 Å². The molecular weight excluding hydrogens is 204 g/mol. The van der Waals surface area contributed by atoms with Crippen LogP contribution in [0.15, 0.2) is 22.6 Å². The number of hydrogen-bond donors (Lipinski definition) is 1. The second-order valence-corrected chi connectivity index (χ2v) is 3.62. The molecule has 0 saturated carbocycles. The average molecular weight is 218 g/mol. The predicted molar refractivity (Wildman–Crippen MR) is 59.7 cm³/mol. The highest BCUT2D eigenvalue weighted by Crippen LogP contribution is 2.18. The lowest BCUT2D eigenvalue weighted by Crippen LogP contribution is -2.12. The molecule has 0 aliphatic carbocycles. The topological polar surface area (TPSA) is 63.8 Å². The van der Waals surface area contributed by atoms with Crippen LogP contribution in [0.25, 0.3) is 11.6 Å². The minimum Gasteiger partial charge on any atom is -0.418 e. The van der Waals surface area contributed by atoms with Crippen molar-refractivity contribution in [2.24, 2.45) is 0 Å². The van der Waals surface area contributed by atoms with E-state index in [9.17, 15) is 0 Å². The number of hydrogen-bond acceptors (Lipinski definition) is 5. The highest BCUT2D eigenvalue weighted by atomic mass is 16.4. The third kappa shape index (κ3) is 2.09. The molecule has 0 fully saturated rings. The smallest absolute Gasteiger partial charge is 0.266 e. The zero-order valence-electron chi connectivity index (χ0n) is 9.56. The molecule has 16 heavy (non-hydrogen) atoms. The van der Waals surface area contributed by atoms with Gasteiger partial charge in [-0.15, -0.1) is 10.2 Å². The summed E-state index contributed by atoms with van der Waals surface area (Å²) < 4.78 is 5.53. The highest BCUT2D eigenvalue weighted by Gasteiger charge is 2.13. The first-order chi connectivity index (χ1) is 7.70. The molecule has 2 aromatic heterocycles. The van der Waals surface area contributed by atoms with E-state index in [2.05, 4.69) is 20.5 Å². The Morgan fingerprint density at radius 1 is 1.31 bits per heavy atom. The van der Waals surface area contributed by atoms with Gasteiger partial charge in [-0.25, -0.2) is 4.98 Å². The lowest BCUT2D eigenvalue weighted by molar-refractivity contribution is 0.440. The molecule has 2 rings (SSSR count). The minimum atomic E-state index is 0.0473. The van der Waals surface area contributed by atoms with Crippen molar-refractivity contribution in [1.29, 1.82) is 0 Å². The minimum absolute atomic E-state index is 0.0473. The van der Waals surface area contributed by atoms with Crippen LogP contribution in [0, 0.1) is 6.92 Å². The van der Waals surface area contributed by atoms with Gasteiger partial charge in [-0.05, 0) is 33.0 Å². The summed E-state index contributed by atoms with van der Waals surface area (Å²) in [6, 6.07) is 5.75. The van der Waals surface area contributed by atoms with Crippen molar-refractivity contribution in [3.8, 4) is 11.6 Å². The van der Waals surface area contributed by atoms with E-state index in [-0.39, 0.29) is 6.04 Å². The normalized spacial score (nSPS) is 12.7. The summed E-state index contributed by atoms with van der Waals surface area (Å²) in [6.07, 6.45) is 0. The number of pyridine rings is 1. The van der Waals surface area contributed by atoms with Crippen molar-refractivity contribution in [2.75, 3.05) is 7.05 Å². The first-order valence-corrected chi connectivity index (χ1v) is 5.15. The Hall–Kier alpha value is -1.75. The van der Waals surface area contributed by atoms with Gasteiger partial charge in [0, 0.05) is 5.69 Å². The van der Waals surface area contributed by atoms with Gasteiger partial charge in [0.25, 0.3) is 5.89 Å². The summed E-state index contributed by atoms with van der Waals surface area (Å²) in [7, 11) is 1.85. The molecular formula is C11H14N4O. The molecule has 0 aliphatic rings. The van der Waals surface area contributed by atoms with E-state index in [4.69, 9.17) is 4.42 Å². The lowest BCUT2D eigenvalue weighted by Gasteiger charge is -2.02. The Morgan fingerprint density at radius 2 is 2.12 bits per heavy atom. The van der Waals surface area contributed by atoms with Crippen LogP contribution in [0.2, 0.25) is 0 Å². The highest BCUT2D eigenvalue weighted by molar-refractivity contribution is 5.45. The van der Waals surface area contributed by atoms with Gasteiger partial charge in [0.05, 0.1) is 6.04 Å². The number of nitrogens with zero attached hydrogens (tertiary/aromatic N) is 3. The van der Waals surface area contributed by atoms with Gasteiger partial charge >= 0.3 is 0 Å². The fourth-order valence-electron chi connectivity index (χ4n) is 1.30. The Kier molecular flexibility index (Phi) is 2.96. The second-order valence-electron chi connectivity index (χ2n) is 3.62. The van der Waals surface area contributed by atoms with Crippen LogP contribution in [0.1, 0.15) is 24.6 Å². The molecule has 1 unspecified atom stereocenters. The molecule has 0 radical (unpaired) electrons. The molecule has 0 aliphatic heterocycles. The largest absolute Gasteiger partial charge is 0.418 e. The molecule has 0 aromatic carbocycles. The van der Waals surface area contributed by atoms with Crippen molar-refractivity contribution in [1.82, 2.24) is 20.5 Å². The fraction of sp³-hybridized carbons (Fsp3) is 0.364. The quantitative estimate of drug-likeness (QED) is 0.849. The monoisotopic (exact) mass is 218 g/mol. The second kappa shape index (κ2) is 4.40. The molecule has 0 saturated heterocycles. The van der Waals surface area contributed by atoms with Crippen LogP contribution in [0.4, 0.5) is 0 Å². The Morgan fingerprint density at radius 3 is 2.81 bits per heavy atom. The van der Waals surface area contributed by atoms with Crippen molar-refractivity contribution < 1.29 is 4.42 Å². The third-order valence-corrected chi connectivity index (χ3v) is 2.35. The summed E-state index contributed by atoms with van der Waals surface area (Å²) in [6.45, 7) is 3.89. The predicted octanol–water partition coefficient (Wildman–Crippen LogP) is 1.72. The maximum atomic E-state index is 5.53. The van der Waals surface area contributed by atoms with Crippen LogP contribution >= 0.6 is 0 Å². The van der Waals surface area contributed by atoms with E-state index in [0.717, 1.165) is 5.69 Å². The molecule has 1 N–H and O–H groups in total. The summed E-state index contributed by atoms with van der Waals surface area (Å²) >= 11 is 0. The number of aromatic nitrogens is 3. The van der Waals surface area contributed by atoms with E-state index < -0.39 is 0 Å². The molecule has 2 aromatic rings. The number of rotatable bonds is 3. The Bertz CT molecular complexity index is 480. The average Bonchev–Trinajstić information content (AvgIpc) is 2.77. The van der Waals surface area contributed by atoms with Crippen molar-refractivity contribution >= 4 is 0 Å². The van der Waals surface area contributed by atoms with Crippen LogP contribution in [0.3, 0.4) is 0 Å². The molecule has 0 spiro atoms. The summed E-state index contributed by atoms with van der Waals surface area (Å²) in [5, 5.41) is 11.0. The molecule has 5 heteroatoms. The third-order valence-electron chi connectivity index (χ3n) is 2.35. The van der Waals surface area contributed by atoms with Crippen LogP contribution in [-0.2, 0) is 0 Å². The number of nitrogens with one attached hydrogen (secondary N) is 1. The fourth-order valence-corrected chi connectivity index (χ4v) is 1.30. The van der Waals surface area contributed by atoms with Crippen LogP contribution in [0.5, 0.6) is 0 Å². The van der Waals surface area contributed by atoms with Gasteiger partial charge in [0.15, 0.2) is 0 Å². The van der Waals surface area contributed by atoms with Crippen LogP contribution < -0.4 is 5.32 Å². The summed E-state index contributed by atoms with van der Waals surface area (Å²) in [5.41, 5.74) is 1.64. The number of aryl methyl sites for hydroxylation is 1. The van der Waals surface area contributed by atoms with Gasteiger partial charge in [-0.3, -0.25) is 0 Å².